The summed E-state index contributed by atoms with van der Waals surface area (Å²) in [4.78, 5) is 20.7. The molecule has 9 heteroatoms. The van der Waals surface area contributed by atoms with Crippen molar-refractivity contribution < 1.29 is 9.90 Å². The lowest BCUT2D eigenvalue weighted by Gasteiger charge is -2.35. The van der Waals surface area contributed by atoms with Gasteiger partial charge in [0, 0.05) is 46.0 Å². The Bertz CT molecular complexity index is 937. The highest BCUT2D eigenvalue weighted by molar-refractivity contribution is 5.91. The number of aliphatic hydroxyl groups excluding tert-OH is 1. The van der Waals surface area contributed by atoms with E-state index < -0.39 is 6.23 Å². The van der Waals surface area contributed by atoms with E-state index in [1.807, 2.05) is 25.3 Å². The van der Waals surface area contributed by atoms with E-state index in [1.54, 1.807) is 13.1 Å². The van der Waals surface area contributed by atoms with Gasteiger partial charge >= 0.3 is 0 Å². The van der Waals surface area contributed by atoms with Crippen LogP contribution in [0.15, 0.2) is 30.0 Å². The van der Waals surface area contributed by atoms with Gasteiger partial charge in [-0.25, -0.2) is 0 Å². The second-order valence-electron chi connectivity index (χ2n) is 7.52. The number of carbonyl (C=O) groups is 1. The molecule has 2 aromatic heterocycles. The first-order valence-corrected chi connectivity index (χ1v) is 10.2. The van der Waals surface area contributed by atoms with Crippen LogP contribution in [0, 0.1) is 0 Å². The van der Waals surface area contributed by atoms with Gasteiger partial charge in [0.25, 0.3) is 5.91 Å². The Morgan fingerprint density at radius 3 is 2.73 bits per heavy atom. The van der Waals surface area contributed by atoms with Crippen molar-refractivity contribution in [1.82, 2.24) is 25.4 Å². The van der Waals surface area contributed by atoms with Gasteiger partial charge < -0.3 is 20.6 Å². The SMILES string of the molecule is CCC1=Cc2ncc(CN3CCN(c4ccc(C(=O)NC)nn4)CC3)cc2NC1O. The Morgan fingerprint density at radius 2 is 2.07 bits per heavy atom. The minimum atomic E-state index is -0.640. The molecule has 4 rings (SSSR count). The molecule has 0 aliphatic carbocycles. The number of carbonyl (C=O) groups excluding carboxylic acids is 1. The Labute approximate surface area is 175 Å². The maximum absolute atomic E-state index is 11.6. The molecule has 3 N–H and O–H groups in total. The summed E-state index contributed by atoms with van der Waals surface area (Å²) in [5.41, 5.74) is 4.14. The first-order valence-electron chi connectivity index (χ1n) is 10.2. The number of pyridine rings is 1. The molecule has 1 atom stereocenters. The minimum Gasteiger partial charge on any atom is -0.370 e. The Balaban J connectivity index is 1.35. The van der Waals surface area contributed by atoms with Gasteiger partial charge in [-0.15, -0.1) is 10.2 Å². The van der Waals surface area contributed by atoms with E-state index in [2.05, 4.69) is 41.7 Å². The van der Waals surface area contributed by atoms with Crippen molar-refractivity contribution in [1.29, 1.82) is 0 Å². The number of piperazine rings is 1. The zero-order chi connectivity index (χ0) is 21.1. The van der Waals surface area contributed by atoms with E-state index >= 15 is 0 Å². The molecular formula is C21H27N7O2. The molecular weight excluding hydrogens is 382 g/mol. The number of rotatable bonds is 5. The lowest BCUT2D eigenvalue weighted by atomic mass is 10.0. The van der Waals surface area contributed by atoms with Crippen LogP contribution in [0.5, 0.6) is 0 Å². The summed E-state index contributed by atoms with van der Waals surface area (Å²) < 4.78 is 0. The molecule has 1 amide bonds. The standard InChI is InChI=1S/C21H27N7O2/c1-3-15-11-17-18(24-20(15)29)10-14(12-23-17)13-27-6-8-28(9-7-27)19-5-4-16(25-26-19)21(30)22-2/h4-5,10-12,20,24,29H,3,6-9,13H2,1-2H3,(H,22,30). The zero-order valence-electron chi connectivity index (χ0n) is 17.3. The van der Waals surface area contributed by atoms with Gasteiger partial charge in [-0.1, -0.05) is 6.92 Å². The van der Waals surface area contributed by atoms with Crippen LogP contribution >= 0.6 is 0 Å². The maximum atomic E-state index is 11.6. The van der Waals surface area contributed by atoms with Gasteiger partial charge in [-0.3, -0.25) is 14.7 Å². The number of anilines is 2. The number of fused-ring (bicyclic) bond motifs is 1. The van der Waals surface area contributed by atoms with Gasteiger partial charge in [0.2, 0.25) is 0 Å². The summed E-state index contributed by atoms with van der Waals surface area (Å²) in [5, 5.41) is 24.1. The number of hydrogen-bond donors (Lipinski definition) is 3. The number of amides is 1. The number of aromatic nitrogens is 3. The number of nitrogens with zero attached hydrogens (tertiary/aromatic N) is 5. The zero-order valence-corrected chi connectivity index (χ0v) is 17.3. The van der Waals surface area contributed by atoms with Crippen molar-refractivity contribution in [2.24, 2.45) is 0 Å². The van der Waals surface area contributed by atoms with Crippen LogP contribution in [0.4, 0.5) is 11.5 Å². The van der Waals surface area contributed by atoms with Crippen molar-refractivity contribution in [3.63, 3.8) is 0 Å². The summed E-state index contributed by atoms with van der Waals surface area (Å²) in [7, 11) is 1.58. The molecule has 0 spiro atoms. The van der Waals surface area contributed by atoms with E-state index in [4.69, 9.17) is 0 Å². The Hall–Kier alpha value is -3.04. The van der Waals surface area contributed by atoms with Crippen molar-refractivity contribution in [3.8, 4) is 0 Å². The monoisotopic (exact) mass is 409 g/mol. The molecule has 2 aliphatic rings. The van der Waals surface area contributed by atoms with Crippen LogP contribution in [-0.2, 0) is 6.54 Å². The molecule has 158 valence electrons. The van der Waals surface area contributed by atoms with E-state index in [0.717, 1.165) is 67.5 Å². The lowest BCUT2D eigenvalue weighted by Crippen LogP contribution is -2.46. The molecule has 30 heavy (non-hydrogen) atoms. The fraction of sp³-hybridized carbons (Fsp3) is 0.429. The second-order valence-corrected chi connectivity index (χ2v) is 7.52. The minimum absolute atomic E-state index is 0.235. The van der Waals surface area contributed by atoms with Gasteiger partial charge in [0.05, 0.1) is 11.4 Å². The van der Waals surface area contributed by atoms with Crippen LogP contribution in [0.25, 0.3) is 6.08 Å². The van der Waals surface area contributed by atoms with E-state index in [1.165, 1.54) is 0 Å². The fourth-order valence-electron chi connectivity index (χ4n) is 3.76. The molecule has 0 saturated carbocycles. The largest absolute Gasteiger partial charge is 0.370 e. The summed E-state index contributed by atoms with van der Waals surface area (Å²) in [5.74, 6) is 0.551. The van der Waals surface area contributed by atoms with Gasteiger partial charge in [-0.05, 0) is 41.8 Å². The fourth-order valence-corrected chi connectivity index (χ4v) is 3.76. The van der Waals surface area contributed by atoms with E-state index in [0.29, 0.717) is 5.69 Å². The smallest absolute Gasteiger partial charge is 0.271 e. The predicted molar refractivity (Wildman–Crippen MR) is 115 cm³/mol. The highest BCUT2D eigenvalue weighted by Crippen LogP contribution is 2.27. The van der Waals surface area contributed by atoms with Crippen LogP contribution in [0.1, 0.15) is 35.1 Å². The molecule has 0 bridgehead atoms. The number of nitrogens with one attached hydrogen (secondary N) is 2. The average Bonchev–Trinajstić information content (AvgIpc) is 2.78. The molecule has 4 heterocycles. The number of hydrogen-bond acceptors (Lipinski definition) is 8. The average molecular weight is 409 g/mol. The maximum Gasteiger partial charge on any atom is 0.271 e. The quantitative estimate of drug-likeness (QED) is 0.674. The Kier molecular flexibility index (Phi) is 5.91. The Morgan fingerprint density at radius 1 is 1.27 bits per heavy atom. The molecule has 2 aromatic rings. The van der Waals surface area contributed by atoms with Crippen LogP contribution in [-0.4, -0.2) is 70.5 Å². The van der Waals surface area contributed by atoms with Crippen molar-refractivity contribution in [3.05, 3.63) is 46.9 Å². The van der Waals surface area contributed by atoms with Gasteiger partial charge in [-0.2, -0.15) is 0 Å². The summed E-state index contributed by atoms with van der Waals surface area (Å²) in [6.45, 7) is 6.30. The normalized spacial score (nSPS) is 19.0. The second kappa shape index (κ2) is 8.76. The third kappa shape index (κ3) is 4.27. The topological polar surface area (TPSA) is 107 Å². The first kappa shape index (κ1) is 20.2. The summed E-state index contributed by atoms with van der Waals surface area (Å²) >= 11 is 0. The van der Waals surface area contributed by atoms with Crippen LogP contribution < -0.4 is 15.5 Å². The van der Waals surface area contributed by atoms with E-state index in [-0.39, 0.29) is 5.91 Å². The van der Waals surface area contributed by atoms with Crippen LogP contribution in [0.2, 0.25) is 0 Å². The molecule has 1 saturated heterocycles. The summed E-state index contributed by atoms with van der Waals surface area (Å²) in [6, 6.07) is 5.62. The summed E-state index contributed by atoms with van der Waals surface area (Å²) in [6.07, 6.45) is 4.03. The molecule has 2 aliphatic heterocycles. The van der Waals surface area contributed by atoms with Crippen molar-refractivity contribution in [2.75, 3.05) is 43.4 Å². The molecule has 1 unspecified atom stereocenters. The highest BCUT2D eigenvalue weighted by atomic mass is 16.3. The van der Waals surface area contributed by atoms with Gasteiger partial charge in [0.1, 0.15) is 6.23 Å². The molecule has 9 nitrogen and oxygen atoms in total. The number of aliphatic hydroxyl groups is 1. The third-order valence-electron chi connectivity index (χ3n) is 5.56. The molecule has 0 radical (unpaired) electrons. The van der Waals surface area contributed by atoms with Crippen molar-refractivity contribution in [2.45, 2.75) is 26.1 Å². The van der Waals surface area contributed by atoms with Gasteiger partial charge in [0.15, 0.2) is 11.5 Å². The molecule has 1 fully saturated rings. The highest BCUT2D eigenvalue weighted by Gasteiger charge is 2.21. The van der Waals surface area contributed by atoms with E-state index in [9.17, 15) is 9.90 Å². The molecule has 0 aromatic carbocycles. The predicted octanol–water partition coefficient (Wildman–Crippen LogP) is 1.09. The lowest BCUT2D eigenvalue weighted by molar-refractivity contribution is 0.0957. The third-order valence-corrected chi connectivity index (χ3v) is 5.56. The van der Waals surface area contributed by atoms with Crippen molar-refractivity contribution >= 4 is 23.5 Å². The first-order chi connectivity index (χ1) is 14.6. The van der Waals surface area contributed by atoms with Crippen LogP contribution in [0.3, 0.4) is 0 Å².